The molecule has 6 nitrogen and oxygen atoms in total. The fourth-order valence-corrected chi connectivity index (χ4v) is 2.12. The topological polar surface area (TPSA) is 72.9 Å². The number of aryl methyl sites for hydroxylation is 1. The molecule has 0 aliphatic heterocycles. The van der Waals surface area contributed by atoms with E-state index in [-0.39, 0.29) is 5.69 Å². The van der Waals surface area contributed by atoms with Gasteiger partial charge in [0.25, 0.3) is 0 Å². The monoisotopic (exact) mass is 286 g/mol. The largest absolute Gasteiger partial charge is 0.476 e. The molecule has 3 rings (SSSR count). The van der Waals surface area contributed by atoms with E-state index in [0.29, 0.717) is 16.9 Å². The summed E-state index contributed by atoms with van der Waals surface area (Å²) >= 11 is 0. The number of hydrogen-bond donors (Lipinski definition) is 1. The highest BCUT2D eigenvalue weighted by molar-refractivity contribution is 5.87. The zero-order valence-corrected chi connectivity index (χ0v) is 11.1. The van der Waals surface area contributed by atoms with E-state index in [1.807, 2.05) is 0 Å². The van der Waals surface area contributed by atoms with Crippen molar-refractivity contribution in [1.82, 2.24) is 19.3 Å². The Hall–Kier alpha value is -2.96. The van der Waals surface area contributed by atoms with Gasteiger partial charge in [-0.25, -0.2) is 14.2 Å². The maximum Gasteiger partial charge on any atom is 0.356 e. The van der Waals surface area contributed by atoms with E-state index in [9.17, 15) is 9.18 Å². The molecule has 0 amide bonds. The molecule has 0 saturated carbocycles. The highest BCUT2D eigenvalue weighted by Crippen LogP contribution is 2.24. The Morgan fingerprint density at radius 1 is 1.33 bits per heavy atom. The van der Waals surface area contributed by atoms with Crippen molar-refractivity contribution in [2.24, 2.45) is 7.05 Å². The van der Waals surface area contributed by atoms with Crippen LogP contribution in [-0.2, 0) is 7.05 Å². The number of imidazole rings is 1. The quantitative estimate of drug-likeness (QED) is 0.800. The lowest BCUT2D eigenvalue weighted by Crippen LogP contribution is -1.99. The molecule has 0 unspecified atom stereocenters. The molecule has 2 aromatic heterocycles. The number of aromatic carboxylic acids is 1. The van der Waals surface area contributed by atoms with Crippen LogP contribution in [0, 0.1) is 5.82 Å². The molecule has 0 fully saturated rings. The number of nitrogens with zero attached hydrogens (tertiary/aromatic N) is 4. The number of carbonyl (C=O) groups is 1. The number of carboxylic acids is 1. The van der Waals surface area contributed by atoms with Crippen LogP contribution >= 0.6 is 0 Å². The summed E-state index contributed by atoms with van der Waals surface area (Å²) in [7, 11) is 1.61. The van der Waals surface area contributed by atoms with Gasteiger partial charge in [0.15, 0.2) is 5.69 Å². The molecule has 0 aliphatic carbocycles. The Kier molecular flexibility index (Phi) is 3.02. The number of aromatic nitrogens is 4. The van der Waals surface area contributed by atoms with E-state index in [2.05, 4.69) is 10.1 Å². The minimum Gasteiger partial charge on any atom is -0.476 e. The van der Waals surface area contributed by atoms with Gasteiger partial charge in [-0.1, -0.05) is 6.07 Å². The molecular weight excluding hydrogens is 275 g/mol. The summed E-state index contributed by atoms with van der Waals surface area (Å²) in [5.74, 6) is -1.55. The third kappa shape index (κ3) is 2.29. The van der Waals surface area contributed by atoms with Crippen LogP contribution in [0.15, 0.2) is 43.0 Å². The van der Waals surface area contributed by atoms with Crippen molar-refractivity contribution >= 4 is 5.97 Å². The molecule has 1 aromatic carbocycles. The Morgan fingerprint density at radius 2 is 2.14 bits per heavy atom. The molecule has 0 bridgehead atoms. The summed E-state index contributed by atoms with van der Waals surface area (Å²) < 4.78 is 17.2. The first-order valence-corrected chi connectivity index (χ1v) is 6.12. The molecular formula is C14H11FN4O2. The van der Waals surface area contributed by atoms with Gasteiger partial charge in [0.05, 0.1) is 17.7 Å². The summed E-state index contributed by atoms with van der Waals surface area (Å²) in [4.78, 5) is 14.8. The van der Waals surface area contributed by atoms with Crippen LogP contribution in [0.1, 0.15) is 10.5 Å². The average Bonchev–Trinajstić information content (AvgIpc) is 3.07. The summed E-state index contributed by atoms with van der Waals surface area (Å²) in [5, 5.41) is 12.8. The fraction of sp³-hybridized carbons (Fsp3) is 0.0714. The van der Waals surface area contributed by atoms with Crippen molar-refractivity contribution in [2.45, 2.75) is 0 Å². The first kappa shape index (κ1) is 13.0. The lowest BCUT2D eigenvalue weighted by molar-refractivity contribution is 0.0689. The molecule has 0 radical (unpaired) electrons. The van der Waals surface area contributed by atoms with Gasteiger partial charge in [0.2, 0.25) is 0 Å². The predicted molar refractivity (Wildman–Crippen MR) is 72.7 cm³/mol. The van der Waals surface area contributed by atoms with Gasteiger partial charge in [-0.15, -0.1) is 0 Å². The number of halogens is 1. The van der Waals surface area contributed by atoms with Crippen LogP contribution in [-0.4, -0.2) is 30.4 Å². The van der Waals surface area contributed by atoms with E-state index in [1.54, 1.807) is 36.1 Å². The van der Waals surface area contributed by atoms with Gasteiger partial charge in [-0.3, -0.25) is 4.68 Å². The van der Waals surface area contributed by atoms with E-state index < -0.39 is 11.8 Å². The molecule has 0 atom stereocenters. The van der Waals surface area contributed by atoms with Crippen LogP contribution in [0.5, 0.6) is 0 Å². The molecule has 3 aromatic rings. The summed E-state index contributed by atoms with van der Waals surface area (Å²) in [6.07, 6.45) is 4.71. The van der Waals surface area contributed by atoms with Gasteiger partial charge in [-0.05, 0) is 18.2 Å². The number of carboxylic acid groups (broad SMARTS) is 1. The van der Waals surface area contributed by atoms with Gasteiger partial charge in [-0.2, -0.15) is 5.10 Å². The first-order valence-electron chi connectivity index (χ1n) is 6.12. The molecule has 106 valence electrons. The minimum atomic E-state index is -1.12. The number of rotatable bonds is 3. The second kappa shape index (κ2) is 4.86. The van der Waals surface area contributed by atoms with E-state index in [0.717, 1.165) is 0 Å². The van der Waals surface area contributed by atoms with Crippen molar-refractivity contribution in [2.75, 3.05) is 0 Å². The van der Waals surface area contributed by atoms with Crippen LogP contribution in [0.2, 0.25) is 0 Å². The second-order valence-corrected chi connectivity index (χ2v) is 4.48. The lowest BCUT2D eigenvalue weighted by atomic mass is 10.1. The Bertz CT molecular complexity index is 809. The zero-order valence-electron chi connectivity index (χ0n) is 11.1. The SMILES string of the molecule is Cn1nc(C(=O)O)cc1-c1ccc(-n2ccnc2)c(F)c1. The zero-order chi connectivity index (χ0) is 15.0. The smallest absolute Gasteiger partial charge is 0.356 e. The van der Waals surface area contributed by atoms with Crippen molar-refractivity contribution in [3.8, 4) is 16.9 Å². The van der Waals surface area contributed by atoms with Crippen LogP contribution in [0.25, 0.3) is 16.9 Å². The average molecular weight is 286 g/mol. The van der Waals surface area contributed by atoms with Gasteiger partial charge < -0.3 is 9.67 Å². The summed E-state index contributed by atoms with van der Waals surface area (Å²) in [6.45, 7) is 0. The normalized spacial score (nSPS) is 10.8. The summed E-state index contributed by atoms with van der Waals surface area (Å²) in [5.41, 5.74) is 1.38. The maximum absolute atomic E-state index is 14.2. The third-order valence-corrected chi connectivity index (χ3v) is 3.12. The molecule has 0 spiro atoms. The Balaban J connectivity index is 2.05. The van der Waals surface area contributed by atoms with Gasteiger partial charge >= 0.3 is 5.97 Å². The minimum absolute atomic E-state index is 0.0772. The second-order valence-electron chi connectivity index (χ2n) is 4.48. The molecule has 0 saturated heterocycles. The lowest BCUT2D eigenvalue weighted by Gasteiger charge is -2.07. The Labute approximate surface area is 119 Å². The Morgan fingerprint density at radius 3 is 2.71 bits per heavy atom. The van der Waals surface area contributed by atoms with Crippen molar-refractivity contribution in [1.29, 1.82) is 0 Å². The van der Waals surface area contributed by atoms with E-state index in [1.165, 1.54) is 23.1 Å². The van der Waals surface area contributed by atoms with E-state index in [4.69, 9.17) is 5.11 Å². The van der Waals surface area contributed by atoms with Gasteiger partial charge in [0.1, 0.15) is 5.82 Å². The molecule has 7 heteroatoms. The van der Waals surface area contributed by atoms with E-state index >= 15 is 0 Å². The highest BCUT2D eigenvalue weighted by atomic mass is 19.1. The summed E-state index contributed by atoms with van der Waals surface area (Å²) in [6, 6.07) is 6.08. The maximum atomic E-state index is 14.2. The van der Waals surface area contributed by atoms with Gasteiger partial charge in [0, 0.05) is 25.0 Å². The standard InChI is InChI=1S/C14H11FN4O2/c1-18-13(7-11(17-18)14(20)21)9-2-3-12(10(15)6-9)19-5-4-16-8-19/h2-8H,1H3,(H,20,21). The molecule has 1 N–H and O–H groups in total. The molecule has 0 aliphatic rings. The number of hydrogen-bond acceptors (Lipinski definition) is 3. The van der Waals surface area contributed by atoms with Crippen molar-refractivity contribution in [3.05, 3.63) is 54.5 Å². The predicted octanol–water partition coefficient (Wildman–Crippen LogP) is 2.11. The van der Waals surface area contributed by atoms with Crippen molar-refractivity contribution in [3.63, 3.8) is 0 Å². The molecule has 21 heavy (non-hydrogen) atoms. The highest BCUT2D eigenvalue weighted by Gasteiger charge is 2.14. The fourth-order valence-electron chi connectivity index (χ4n) is 2.12. The van der Waals surface area contributed by atoms with Crippen molar-refractivity contribution < 1.29 is 14.3 Å². The number of benzene rings is 1. The van der Waals surface area contributed by atoms with Crippen LogP contribution < -0.4 is 0 Å². The van der Waals surface area contributed by atoms with Crippen LogP contribution in [0.3, 0.4) is 0 Å². The molecule has 2 heterocycles. The van der Waals surface area contributed by atoms with Crippen LogP contribution in [0.4, 0.5) is 4.39 Å². The third-order valence-electron chi connectivity index (χ3n) is 3.12. The first-order chi connectivity index (χ1) is 10.1.